The molecule has 0 aliphatic carbocycles. The molecule has 6 nitrogen and oxygen atoms in total. The van der Waals surface area contributed by atoms with Crippen LogP contribution in [0.5, 0.6) is 5.75 Å². The molecule has 2 heterocycles. The summed E-state index contributed by atoms with van der Waals surface area (Å²) in [4.78, 5) is 2.36. The van der Waals surface area contributed by atoms with Crippen LogP contribution in [-0.2, 0) is 6.42 Å². The highest BCUT2D eigenvalue weighted by Gasteiger charge is 2.40. The van der Waals surface area contributed by atoms with Crippen molar-refractivity contribution in [3.8, 4) is 11.4 Å². The molecule has 0 N–H and O–H groups in total. The molecule has 2 aromatic carbocycles. The monoisotopic (exact) mass is 349 g/mol. The number of hydrogen-bond acceptors (Lipinski definition) is 5. The largest absolute Gasteiger partial charge is 0.497 e. The zero-order valence-corrected chi connectivity index (χ0v) is 15.5. The van der Waals surface area contributed by atoms with Crippen LogP contribution in [0.25, 0.3) is 5.69 Å². The highest BCUT2D eigenvalue weighted by atomic mass is 16.5. The molecule has 4 rings (SSSR count). The molecule has 26 heavy (non-hydrogen) atoms. The van der Waals surface area contributed by atoms with E-state index in [-0.39, 0.29) is 11.6 Å². The van der Waals surface area contributed by atoms with Gasteiger partial charge in [-0.05, 0) is 61.0 Å². The predicted octanol–water partition coefficient (Wildman–Crippen LogP) is 3.03. The lowest BCUT2D eigenvalue weighted by molar-refractivity contribution is 0.0993. The van der Waals surface area contributed by atoms with Crippen LogP contribution in [-0.4, -0.2) is 44.8 Å². The number of benzene rings is 2. The van der Waals surface area contributed by atoms with E-state index in [1.54, 1.807) is 7.11 Å². The van der Waals surface area contributed by atoms with Crippen molar-refractivity contribution in [1.29, 1.82) is 0 Å². The normalized spacial score (nSPS) is 19.2. The van der Waals surface area contributed by atoms with Gasteiger partial charge in [-0.2, -0.15) is 4.68 Å². The van der Waals surface area contributed by atoms with E-state index in [1.807, 2.05) is 28.9 Å². The van der Waals surface area contributed by atoms with Crippen LogP contribution in [0, 0.1) is 0 Å². The van der Waals surface area contributed by atoms with Crippen molar-refractivity contribution in [3.63, 3.8) is 0 Å². The second-order valence-electron chi connectivity index (χ2n) is 7.35. The Balaban J connectivity index is 1.87. The Kier molecular flexibility index (Phi) is 4.00. The molecule has 0 bridgehead atoms. The molecule has 1 aromatic heterocycles. The maximum absolute atomic E-state index is 5.36. The van der Waals surface area contributed by atoms with Gasteiger partial charge in [0.2, 0.25) is 0 Å². The zero-order chi connectivity index (χ0) is 18.3. The van der Waals surface area contributed by atoms with Gasteiger partial charge in [0.15, 0.2) is 5.82 Å². The number of nitrogens with zero attached hydrogens (tertiary/aromatic N) is 5. The third-order valence-corrected chi connectivity index (χ3v) is 5.35. The van der Waals surface area contributed by atoms with Gasteiger partial charge in [-0.25, -0.2) is 0 Å². The topological polar surface area (TPSA) is 56.1 Å². The molecule has 0 amide bonds. The number of methoxy groups -OCH3 is 1. The second-order valence-corrected chi connectivity index (χ2v) is 7.35. The standard InChI is InChI=1S/C20H23N5O/c1-20(2)13-14-8-5-6-11-17(14)18(24(20)3)19-21-22-23-25(19)15-9-7-10-16(12-15)26-4/h5-12,18H,13H2,1-4H3/t18-/m1/s1. The Hall–Kier alpha value is -2.73. The minimum atomic E-state index is -0.0175. The van der Waals surface area contributed by atoms with Crippen LogP contribution < -0.4 is 4.74 Å². The Morgan fingerprint density at radius 1 is 1.12 bits per heavy atom. The summed E-state index contributed by atoms with van der Waals surface area (Å²) in [6.07, 6.45) is 0.997. The van der Waals surface area contributed by atoms with E-state index in [9.17, 15) is 0 Å². The maximum Gasteiger partial charge on any atom is 0.178 e. The highest BCUT2D eigenvalue weighted by molar-refractivity contribution is 5.42. The first-order chi connectivity index (χ1) is 12.5. The molecule has 134 valence electrons. The number of tetrazole rings is 1. The van der Waals surface area contributed by atoms with Crippen molar-refractivity contribution >= 4 is 0 Å². The summed E-state index contributed by atoms with van der Waals surface area (Å²) in [6.45, 7) is 4.52. The van der Waals surface area contributed by atoms with Gasteiger partial charge in [0.1, 0.15) is 5.75 Å². The molecule has 6 heteroatoms. The summed E-state index contributed by atoms with van der Waals surface area (Å²) < 4.78 is 7.16. The Morgan fingerprint density at radius 2 is 1.92 bits per heavy atom. The first kappa shape index (κ1) is 16.7. The summed E-state index contributed by atoms with van der Waals surface area (Å²) in [5.41, 5.74) is 3.50. The molecule has 0 spiro atoms. The maximum atomic E-state index is 5.36. The minimum Gasteiger partial charge on any atom is -0.497 e. The number of aromatic nitrogens is 4. The SMILES string of the molecule is COc1cccc(-n2nnnc2[C@H]2c3ccccc3CC(C)(C)N2C)c1. The highest BCUT2D eigenvalue weighted by Crippen LogP contribution is 2.40. The van der Waals surface area contributed by atoms with Crippen molar-refractivity contribution in [2.24, 2.45) is 0 Å². The van der Waals surface area contributed by atoms with Gasteiger partial charge in [0.05, 0.1) is 18.8 Å². The Labute approximate surface area is 153 Å². The molecule has 1 aliphatic heterocycles. The second kappa shape index (κ2) is 6.21. The average molecular weight is 349 g/mol. The number of likely N-dealkylation sites (N-methyl/N-ethyl adjacent to an activating group) is 1. The van der Waals surface area contributed by atoms with Gasteiger partial charge >= 0.3 is 0 Å². The summed E-state index contributed by atoms with van der Waals surface area (Å²) >= 11 is 0. The van der Waals surface area contributed by atoms with Gasteiger partial charge in [-0.15, -0.1) is 5.10 Å². The fraction of sp³-hybridized carbons (Fsp3) is 0.350. The zero-order valence-electron chi connectivity index (χ0n) is 15.5. The first-order valence-corrected chi connectivity index (χ1v) is 8.75. The van der Waals surface area contributed by atoms with Gasteiger partial charge < -0.3 is 4.74 Å². The van der Waals surface area contributed by atoms with Gasteiger partial charge in [-0.3, -0.25) is 4.90 Å². The van der Waals surface area contributed by atoms with Crippen LogP contribution in [0.15, 0.2) is 48.5 Å². The lowest BCUT2D eigenvalue weighted by Crippen LogP contribution is -2.49. The third kappa shape index (κ3) is 2.66. The molecular weight excluding hydrogens is 326 g/mol. The molecule has 3 aromatic rings. The summed E-state index contributed by atoms with van der Waals surface area (Å²) in [5, 5.41) is 12.7. The van der Waals surface area contributed by atoms with Gasteiger partial charge in [0, 0.05) is 11.6 Å². The van der Waals surface area contributed by atoms with Crippen molar-refractivity contribution in [3.05, 3.63) is 65.5 Å². The summed E-state index contributed by atoms with van der Waals surface area (Å²) in [5.74, 6) is 1.59. The predicted molar refractivity (Wildman–Crippen MR) is 99.5 cm³/mol. The number of ether oxygens (including phenoxy) is 1. The molecular formula is C20H23N5O. The summed E-state index contributed by atoms with van der Waals surface area (Å²) in [7, 11) is 3.80. The number of hydrogen-bond donors (Lipinski definition) is 0. The molecule has 0 fully saturated rings. The molecule has 0 radical (unpaired) electrons. The van der Waals surface area contributed by atoms with E-state index in [1.165, 1.54) is 11.1 Å². The third-order valence-electron chi connectivity index (χ3n) is 5.35. The van der Waals surface area contributed by atoms with E-state index < -0.39 is 0 Å². The molecule has 0 unspecified atom stereocenters. The minimum absolute atomic E-state index is 0.00414. The average Bonchev–Trinajstić information content (AvgIpc) is 3.12. The van der Waals surface area contributed by atoms with Crippen molar-refractivity contribution in [1.82, 2.24) is 25.1 Å². The van der Waals surface area contributed by atoms with Crippen LogP contribution >= 0.6 is 0 Å². The van der Waals surface area contributed by atoms with E-state index in [2.05, 4.69) is 65.6 Å². The Bertz CT molecular complexity index is 933. The van der Waals surface area contributed by atoms with Gasteiger partial charge in [-0.1, -0.05) is 30.3 Å². The lowest BCUT2D eigenvalue weighted by atomic mass is 9.81. The van der Waals surface area contributed by atoms with Crippen molar-refractivity contribution < 1.29 is 4.74 Å². The van der Waals surface area contributed by atoms with Crippen LogP contribution in [0.1, 0.15) is 36.8 Å². The van der Waals surface area contributed by atoms with Crippen LogP contribution in [0.2, 0.25) is 0 Å². The quantitative estimate of drug-likeness (QED) is 0.727. The van der Waals surface area contributed by atoms with E-state index >= 15 is 0 Å². The summed E-state index contributed by atoms with van der Waals surface area (Å²) in [6, 6.07) is 16.3. The fourth-order valence-corrected chi connectivity index (χ4v) is 3.71. The van der Waals surface area contributed by atoms with Gasteiger partial charge in [0.25, 0.3) is 0 Å². The lowest BCUT2D eigenvalue weighted by Gasteiger charge is -2.45. The Morgan fingerprint density at radius 3 is 2.73 bits per heavy atom. The fourth-order valence-electron chi connectivity index (χ4n) is 3.71. The van der Waals surface area contributed by atoms with E-state index in [4.69, 9.17) is 4.74 Å². The van der Waals surface area contributed by atoms with Crippen molar-refractivity contribution in [2.75, 3.05) is 14.2 Å². The molecule has 1 aliphatic rings. The van der Waals surface area contributed by atoms with E-state index in [0.29, 0.717) is 0 Å². The van der Waals surface area contributed by atoms with Crippen LogP contribution in [0.4, 0.5) is 0 Å². The molecule has 0 saturated carbocycles. The smallest absolute Gasteiger partial charge is 0.178 e. The van der Waals surface area contributed by atoms with Crippen molar-refractivity contribution in [2.45, 2.75) is 31.8 Å². The number of fused-ring (bicyclic) bond motifs is 1. The first-order valence-electron chi connectivity index (χ1n) is 8.75. The molecule has 1 atom stereocenters. The van der Waals surface area contributed by atoms with Crippen LogP contribution in [0.3, 0.4) is 0 Å². The van der Waals surface area contributed by atoms with E-state index in [0.717, 1.165) is 23.7 Å². The number of rotatable bonds is 3. The molecule has 0 saturated heterocycles.